The van der Waals surface area contributed by atoms with Gasteiger partial charge in [0.25, 0.3) is 0 Å². The van der Waals surface area contributed by atoms with Crippen molar-refractivity contribution in [2.75, 3.05) is 5.73 Å². The topological polar surface area (TPSA) is 43.8 Å². The lowest BCUT2D eigenvalue weighted by Crippen LogP contribution is -2.05. The smallest absolute Gasteiger partial charge is 0.132 e. The van der Waals surface area contributed by atoms with Gasteiger partial charge >= 0.3 is 0 Å². The van der Waals surface area contributed by atoms with E-state index in [1.807, 2.05) is 6.08 Å². The van der Waals surface area contributed by atoms with Crippen molar-refractivity contribution in [1.29, 1.82) is 0 Å². The molecule has 1 heterocycles. The van der Waals surface area contributed by atoms with Gasteiger partial charge in [0.05, 0.1) is 0 Å². The highest BCUT2D eigenvalue weighted by Crippen LogP contribution is 2.30. The van der Waals surface area contributed by atoms with E-state index in [9.17, 15) is 0 Å². The Morgan fingerprint density at radius 1 is 1.35 bits per heavy atom. The van der Waals surface area contributed by atoms with E-state index in [0.29, 0.717) is 6.54 Å². The van der Waals surface area contributed by atoms with Gasteiger partial charge in [-0.05, 0) is 25.8 Å². The Balaban J connectivity index is 2.56. The third-order valence-corrected chi connectivity index (χ3v) is 3.51. The maximum atomic E-state index is 6.31. The third kappa shape index (κ3) is 2.62. The lowest BCUT2D eigenvalue weighted by atomic mass is 10.0. The fourth-order valence-electron chi connectivity index (χ4n) is 2.54. The van der Waals surface area contributed by atoms with Crippen molar-refractivity contribution in [3.05, 3.63) is 47.8 Å². The number of nitrogens with zero attached hydrogens (tertiary/aromatic N) is 2. The monoisotopic (exact) mass is 269 g/mol. The van der Waals surface area contributed by atoms with Gasteiger partial charge < -0.3 is 10.3 Å². The SMILES string of the molecule is C=CCn1c(CCC)nc(-c2ccc(C)cc2C)c1N. The zero-order chi connectivity index (χ0) is 14.7. The second-order valence-electron chi connectivity index (χ2n) is 5.23. The molecule has 3 heteroatoms. The molecule has 0 amide bonds. The zero-order valence-corrected chi connectivity index (χ0v) is 12.6. The summed E-state index contributed by atoms with van der Waals surface area (Å²) in [6.45, 7) is 10.9. The van der Waals surface area contributed by atoms with Crippen LogP contribution in [0, 0.1) is 13.8 Å². The highest BCUT2D eigenvalue weighted by molar-refractivity contribution is 5.74. The number of hydrogen-bond acceptors (Lipinski definition) is 2. The summed E-state index contributed by atoms with van der Waals surface area (Å²) in [5, 5.41) is 0. The zero-order valence-electron chi connectivity index (χ0n) is 12.6. The van der Waals surface area contributed by atoms with Crippen LogP contribution in [0.3, 0.4) is 0 Å². The van der Waals surface area contributed by atoms with Crippen LogP contribution < -0.4 is 5.73 Å². The van der Waals surface area contributed by atoms with Crippen molar-refractivity contribution in [1.82, 2.24) is 9.55 Å². The van der Waals surface area contributed by atoms with Gasteiger partial charge in [0.15, 0.2) is 0 Å². The fourth-order valence-corrected chi connectivity index (χ4v) is 2.54. The third-order valence-electron chi connectivity index (χ3n) is 3.51. The molecular formula is C17H23N3. The maximum absolute atomic E-state index is 6.31. The van der Waals surface area contributed by atoms with Crippen LogP contribution in [0.15, 0.2) is 30.9 Å². The predicted molar refractivity (Wildman–Crippen MR) is 85.7 cm³/mol. The van der Waals surface area contributed by atoms with Crippen LogP contribution in [0.2, 0.25) is 0 Å². The molecule has 2 rings (SSSR count). The van der Waals surface area contributed by atoms with E-state index in [2.05, 4.69) is 50.1 Å². The first kappa shape index (κ1) is 14.4. The standard InChI is InChI=1S/C17H23N3/c1-5-7-15-19-16(17(18)20(15)10-6-2)14-9-8-12(3)11-13(14)4/h6,8-9,11H,2,5,7,10,18H2,1,3-4H3. The maximum Gasteiger partial charge on any atom is 0.132 e. The lowest BCUT2D eigenvalue weighted by Gasteiger charge is -2.07. The Labute approximate surface area is 121 Å². The summed E-state index contributed by atoms with van der Waals surface area (Å²) >= 11 is 0. The molecule has 106 valence electrons. The Bertz CT molecular complexity index is 623. The van der Waals surface area contributed by atoms with Gasteiger partial charge in [-0.2, -0.15) is 0 Å². The molecule has 0 bridgehead atoms. The summed E-state index contributed by atoms with van der Waals surface area (Å²) in [7, 11) is 0. The first-order chi connectivity index (χ1) is 9.58. The van der Waals surface area contributed by atoms with E-state index < -0.39 is 0 Å². The molecule has 0 spiro atoms. The molecule has 0 radical (unpaired) electrons. The summed E-state index contributed by atoms with van der Waals surface area (Å²) in [6.07, 6.45) is 3.85. The van der Waals surface area contributed by atoms with Gasteiger partial charge in [0, 0.05) is 18.5 Å². The first-order valence-corrected chi connectivity index (χ1v) is 7.11. The van der Waals surface area contributed by atoms with Crippen molar-refractivity contribution >= 4 is 5.82 Å². The van der Waals surface area contributed by atoms with Crippen LogP contribution in [0.5, 0.6) is 0 Å². The summed E-state index contributed by atoms with van der Waals surface area (Å²) in [4.78, 5) is 4.77. The minimum atomic E-state index is 0.707. The fraction of sp³-hybridized carbons (Fsp3) is 0.353. The number of nitrogens with two attached hydrogens (primary N) is 1. The second-order valence-corrected chi connectivity index (χ2v) is 5.23. The molecule has 0 unspecified atom stereocenters. The summed E-state index contributed by atoms with van der Waals surface area (Å²) < 4.78 is 2.06. The quantitative estimate of drug-likeness (QED) is 0.837. The molecule has 20 heavy (non-hydrogen) atoms. The molecule has 2 N–H and O–H groups in total. The van der Waals surface area contributed by atoms with Crippen molar-refractivity contribution in [2.24, 2.45) is 0 Å². The van der Waals surface area contributed by atoms with Crippen LogP contribution in [-0.2, 0) is 13.0 Å². The second kappa shape index (κ2) is 5.95. The van der Waals surface area contributed by atoms with Gasteiger partial charge in [-0.25, -0.2) is 4.98 Å². The van der Waals surface area contributed by atoms with Crippen molar-refractivity contribution in [3.8, 4) is 11.3 Å². The van der Waals surface area contributed by atoms with Gasteiger partial charge in [0.2, 0.25) is 0 Å². The number of aromatic nitrogens is 2. The molecule has 0 atom stereocenters. The number of nitrogen functional groups attached to an aromatic ring is 1. The molecule has 0 aliphatic rings. The van der Waals surface area contributed by atoms with Crippen LogP contribution in [-0.4, -0.2) is 9.55 Å². The van der Waals surface area contributed by atoms with Crippen LogP contribution in [0.1, 0.15) is 30.3 Å². The Morgan fingerprint density at radius 2 is 2.10 bits per heavy atom. The van der Waals surface area contributed by atoms with E-state index in [1.165, 1.54) is 11.1 Å². The molecule has 0 aliphatic carbocycles. The molecule has 0 saturated heterocycles. The van der Waals surface area contributed by atoms with Crippen LogP contribution in [0.4, 0.5) is 5.82 Å². The number of anilines is 1. The summed E-state index contributed by atoms with van der Waals surface area (Å²) in [5.74, 6) is 1.78. The highest BCUT2D eigenvalue weighted by atomic mass is 15.1. The Hall–Kier alpha value is -2.03. The van der Waals surface area contributed by atoms with E-state index in [1.54, 1.807) is 0 Å². The number of rotatable bonds is 5. The number of benzene rings is 1. The largest absolute Gasteiger partial charge is 0.383 e. The van der Waals surface area contributed by atoms with E-state index >= 15 is 0 Å². The molecule has 2 aromatic rings. The molecular weight excluding hydrogens is 246 g/mol. The molecule has 1 aromatic carbocycles. The molecule has 0 aliphatic heterocycles. The Morgan fingerprint density at radius 3 is 2.70 bits per heavy atom. The lowest BCUT2D eigenvalue weighted by molar-refractivity contribution is 0.724. The minimum Gasteiger partial charge on any atom is -0.383 e. The Kier molecular flexibility index (Phi) is 4.28. The molecule has 3 nitrogen and oxygen atoms in total. The summed E-state index contributed by atoms with van der Waals surface area (Å²) in [6, 6.07) is 6.38. The first-order valence-electron chi connectivity index (χ1n) is 7.11. The van der Waals surface area contributed by atoms with E-state index in [4.69, 9.17) is 10.7 Å². The average molecular weight is 269 g/mol. The van der Waals surface area contributed by atoms with Crippen molar-refractivity contribution < 1.29 is 0 Å². The van der Waals surface area contributed by atoms with Gasteiger partial charge in [-0.3, -0.25) is 0 Å². The number of allylic oxidation sites excluding steroid dienone is 1. The van der Waals surface area contributed by atoms with Crippen molar-refractivity contribution in [3.63, 3.8) is 0 Å². The average Bonchev–Trinajstić information content (AvgIpc) is 2.69. The minimum absolute atomic E-state index is 0.707. The molecule has 1 aromatic heterocycles. The number of aryl methyl sites for hydroxylation is 3. The number of hydrogen-bond donors (Lipinski definition) is 1. The van der Waals surface area contributed by atoms with Gasteiger partial charge in [-0.1, -0.05) is 36.8 Å². The normalized spacial score (nSPS) is 10.8. The van der Waals surface area contributed by atoms with Gasteiger partial charge in [-0.15, -0.1) is 6.58 Å². The van der Waals surface area contributed by atoms with Gasteiger partial charge in [0.1, 0.15) is 17.3 Å². The van der Waals surface area contributed by atoms with Crippen LogP contribution in [0.25, 0.3) is 11.3 Å². The van der Waals surface area contributed by atoms with E-state index in [0.717, 1.165) is 35.7 Å². The molecule has 0 fully saturated rings. The van der Waals surface area contributed by atoms with E-state index in [-0.39, 0.29) is 0 Å². The molecule has 0 saturated carbocycles. The van der Waals surface area contributed by atoms with Crippen LogP contribution >= 0.6 is 0 Å². The highest BCUT2D eigenvalue weighted by Gasteiger charge is 2.16. The van der Waals surface area contributed by atoms with Crippen molar-refractivity contribution in [2.45, 2.75) is 40.2 Å². The number of imidazole rings is 1. The summed E-state index contributed by atoms with van der Waals surface area (Å²) in [5.41, 5.74) is 10.8. The predicted octanol–water partition coefficient (Wildman–Crippen LogP) is 3.89.